The zero-order valence-electron chi connectivity index (χ0n) is 31.4. The number of aliphatic carboxylic acids is 1. The van der Waals surface area contributed by atoms with Crippen molar-refractivity contribution in [1.29, 1.82) is 0 Å². The summed E-state index contributed by atoms with van der Waals surface area (Å²) in [7, 11) is -2.08. The standard InChI is InChI=1S/C41H53N5O6S/c1-27-14-16-32(35(24-40(48)49)34-17-18-36-41(29(34)3)43-44-45(36)4)23-33(27)26-46-25-28(2)52-37-21-31(15-19-38(37)53(46,50)51)11-7-5-6-10-20-42-39(47)22-30-12-8-9-13-30/h14-19,21,23,28,30,35H,5-13,20,22,24-26H2,1-4H3,(H,42,47)(H,48,49)/t28-,35+/m1/s1. The largest absolute Gasteiger partial charge is 0.488 e. The second-order valence-electron chi connectivity index (χ2n) is 15.1. The van der Waals surface area contributed by atoms with E-state index in [-0.39, 0.29) is 36.4 Å². The van der Waals surface area contributed by atoms with E-state index >= 15 is 0 Å². The number of nitrogens with zero attached hydrogens (tertiary/aromatic N) is 4. The molecule has 2 atom stereocenters. The van der Waals surface area contributed by atoms with Gasteiger partial charge in [0.05, 0.1) is 18.5 Å². The number of carbonyl (C=O) groups is 2. The summed E-state index contributed by atoms with van der Waals surface area (Å²) in [5.74, 6) is -0.268. The van der Waals surface area contributed by atoms with Gasteiger partial charge in [0.15, 0.2) is 0 Å². The number of ether oxygens (including phenoxy) is 1. The molecule has 0 bridgehead atoms. The molecule has 1 aliphatic carbocycles. The Labute approximate surface area is 313 Å². The van der Waals surface area contributed by atoms with Crippen LogP contribution >= 0.6 is 0 Å². The quantitative estimate of drug-likeness (QED) is 0.124. The van der Waals surface area contributed by atoms with Crippen LogP contribution in [0.15, 0.2) is 53.4 Å². The highest BCUT2D eigenvalue weighted by Gasteiger charge is 2.34. The van der Waals surface area contributed by atoms with Crippen LogP contribution in [0.2, 0.25) is 0 Å². The number of aryl methyl sites for hydroxylation is 4. The van der Waals surface area contributed by atoms with Gasteiger partial charge in [0, 0.05) is 32.5 Å². The van der Waals surface area contributed by atoms with Gasteiger partial charge in [-0.25, -0.2) is 13.1 Å². The Bertz CT molecular complexity index is 2050. The highest BCUT2D eigenvalue weighted by molar-refractivity contribution is 7.89. The van der Waals surface area contributed by atoms with Crippen molar-refractivity contribution in [1.82, 2.24) is 24.6 Å². The molecule has 4 aromatic rings. The molecule has 12 heteroatoms. The predicted molar refractivity (Wildman–Crippen MR) is 204 cm³/mol. The van der Waals surface area contributed by atoms with Crippen LogP contribution in [0.3, 0.4) is 0 Å². The Morgan fingerprint density at radius 1 is 1.02 bits per heavy atom. The number of rotatable bonds is 15. The number of fused-ring (bicyclic) bond motifs is 2. The van der Waals surface area contributed by atoms with E-state index in [9.17, 15) is 23.1 Å². The van der Waals surface area contributed by atoms with Crippen molar-refractivity contribution in [3.63, 3.8) is 0 Å². The lowest BCUT2D eigenvalue weighted by Crippen LogP contribution is -2.35. The molecule has 0 spiro atoms. The van der Waals surface area contributed by atoms with Crippen molar-refractivity contribution >= 4 is 32.9 Å². The maximum absolute atomic E-state index is 14.2. The Kier molecular flexibility index (Phi) is 12.2. The van der Waals surface area contributed by atoms with Crippen molar-refractivity contribution in [3.05, 3.63) is 81.9 Å². The van der Waals surface area contributed by atoms with E-state index in [1.165, 1.54) is 30.0 Å². The van der Waals surface area contributed by atoms with Crippen LogP contribution in [0, 0.1) is 19.8 Å². The van der Waals surface area contributed by atoms with Crippen LogP contribution in [-0.2, 0) is 39.6 Å². The number of nitrogens with one attached hydrogen (secondary N) is 1. The van der Waals surface area contributed by atoms with E-state index < -0.39 is 21.9 Å². The molecule has 1 amide bonds. The van der Waals surface area contributed by atoms with Gasteiger partial charge in [-0.1, -0.05) is 61.2 Å². The number of amides is 1. The fourth-order valence-corrected chi connectivity index (χ4v) is 9.60. The second-order valence-corrected chi connectivity index (χ2v) is 17.0. The molecule has 284 valence electrons. The summed E-state index contributed by atoms with van der Waals surface area (Å²) in [6.45, 7) is 6.78. The maximum atomic E-state index is 14.2. The monoisotopic (exact) mass is 743 g/mol. The fourth-order valence-electron chi connectivity index (χ4n) is 8.00. The Morgan fingerprint density at radius 2 is 1.79 bits per heavy atom. The number of aromatic nitrogens is 3. The number of benzene rings is 3. The lowest BCUT2D eigenvalue weighted by atomic mass is 9.84. The van der Waals surface area contributed by atoms with Gasteiger partial charge < -0.3 is 15.2 Å². The number of sulfonamides is 1. The van der Waals surface area contributed by atoms with Crippen LogP contribution in [0.1, 0.15) is 110 Å². The zero-order chi connectivity index (χ0) is 37.7. The smallest absolute Gasteiger partial charge is 0.304 e. The third-order valence-electron chi connectivity index (χ3n) is 11.0. The molecule has 1 fully saturated rings. The molecule has 2 aliphatic rings. The Hall–Kier alpha value is -4.29. The first-order valence-electron chi connectivity index (χ1n) is 19.1. The summed E-state index contributed by atoms with van der Waals surface area (Å²) in [4.78, 5) is 24.5. The normalized spacial score (nSPS) is 18.0. The fraction of sp³-hybridized carbons (Fsp3) is 0.512. The summed E-state index contributed by atoms with van der Waals surface area (Å²) < 4.78 is 37.8. The molecule has 11 nitrogen and oxygen atoms in total. The van der Waals surface area contributed by atoms with E-state index in [2.05, 4.69) is 15.6 Å². The molecule has 0 saturated heterocycles. The average Bonchev–Trinajstić information content (AvgIpc) is 3.75. The van der Waals surface area contributed by atoms with Gasteiger partial charge >= 0.3 is 5.97 Å². The van der Waals surface area contributed by atoms with Crippen molar-refractivity contribution in [2.45, 2.75) is 115 Å². The molecule has 1 saturated carbocycles. The highest BCUT2D eigenvalue weighted by Crippen LogP contribution is 2.37. The number of hydrogen-bond acceptors (Lipinski definition) is 7. The molecular formula is C41H53N5O6S. The lowest BCUT2D eigenvalue weighted by Gasteiger charge is -2.24. The summed E-state index contributed by atoms with van der Waals surface area (Å²) in [6.07, 6.45) is 9.81. The lowest BCUT2D eigenvalue weighted by molar-refractivity contribution is -0.137. The van der Waals surface area contributed by atoms with E-state index in [4.69, 9.17) is 4.74 Å². The maximum Gasteiger partial charge on any atom is 0.304 e. The molecule has 6 rings (SSSR count). The van der Waals surface area contributed by atoms with E-state index in [0.717, 1.165) is 83.1 Å². The summed E-state index contributed by atoms with van der Waals surface area (Å²) in [6, 6.07) is 15.1. The van der Waals surface area contributed by atoms with E-state index in [1.54, 1.807) is 10.7 Å². The Morgan fingerprint density at radius 3 is 2.57 bits per heavy atom. The van der Waals surface area contributed by atoms with Crippen molar-refractivity contribution in [2.24, 2.45) is 13.0 Å². The summed E-state index contributed by atoms with van der Waals surface area (Å²) in [5.41, 5.74) is 6.86. The minimum absolute atomic E-state index is 0.125. The number of carboxylic acids is 1. The van der Waals surface area contributed by atoms with Crippen LogP contribution in [0.5, 0.6) is 5.75 Å². The van der Waals surface area contributed by atoms with Crippen LogP contribution < -0.4 is 10.1 Å². The molecule has 2 N–H and O–H groups in total. The van der Waals surface area contributed by atoms with E-state index in [1.807, 2.05) is 70.3 Å². The molecule has 0 unspecified atom stereocenters. The Balaban J connectivity index is 1.11. The summed E-state index contributed by atoms with van der Waals surface area (Å²) >= 11 is 0. The number of carboxylic acid groups (broad SMARTS) is 1. The summed E-state index contributed by atoms with van der Waals surface area (Å²) in [5, 5.41) is 21.5. The number of unbranched alkanes of at least 4 members (excludes halogenated alkanes) is 3. The predicted octanol–water partition coefficient (Wildman–Crippen LogP) is 6.96. The molecule has 53 heavy (non-hydrogen) atoms. The molecule has 1 aromatic heterocycles. The minimum Gasteiger partial charge on any atom is -0.488 e. The van der Waals surface area contributed by atoms with Crippen LogP contribution in [-0.4, -0.2) is 63.9 Å². The van der Waals surface area contributed by atoms with Gasteiger partial charge in [-0.15, -0.1) is 5.10 Å². The van der Waals surface area contributed by atoms with Crippen molar-refractivity contribution in [3.8, 4) is 5.75 Å². The van der Waals surface area contributed by atoms with Gasteiger partial charge in [-0.2, -0.15) is 4.31 Å². The highest BCUT2D eigenvalue weighted by atomic mass is 32.2. The van der Waals surface area contributed by atoms with E-state index in [0.29, 0.717) is 18.1 Å². The topological polar surface area (TPSA) is 144 Å². The van der Waals surface area contributed by atoms with Gasteiger partial charge in [-0.3, -0.25) is 9.59 Å². The van der Waals surface area contributed by atoms with Crippen LogP contribution in [0.4, 0.5) is 0 Å². The van der Waals surface area contributed by atoms with Crippen LogP contribution in [0.25, 0.3) is 11.0 Å². The minimum atomic E-state index is -3.91. The van der Waals surface area contributed by atoms with Crippen molar-refractivity contribution < 1.29 is 27.9 Å². The van der Waals surface area contributed by atoms with Gasteiger partial charge in [0.2, 0.25) is 15.9 Å². The first-order chi connectivity index (χ1) is 25.4. The zero-order valence-corrected chi connectivity index (χ0v) is 32.3. The molecule has 3 aromatic carbocycles. The molecule has 0 radical (unpaired) electrons. The molecular weight excluding hydrogens is 691 g/mol. The third kappa shape index (κ3) is 9.09. The SMILES string of the molecule is Cc1ccc([C@H](CC(=O)O)c2ccc3c(nnn3C)c2C)cc1CN1C[C@@H](C)Oc2cc(CCCCCCNC(=O)CC3CCCC3)ccc2S1(=O)=O. The van der Waals surface area contributed by atoms with Gasteiger partial charge in [-0.05, 0) is 110 Å². The van der Waals surface area contributed by atoms with Gasteiger partial charge in [0.1, 0.15) is 22.3 Å². The number of carbonyl (C=O) groups excluding carboxylic acids is 1. The average molecular weight is 744 g/mol. The molecule has 1 aliphatic heterocycles. The second kappa shape index (κ2) is 16.8. The number of hydrogen-bond donors (Lipinski definition) is 2. The molecule has 2 heterocycles. The first-order valence-corrected chi connectivity index (χ1v) is 20.5. The van der Waals surface area contributed by atoms with Gasteiger partial charge in [0.25, 0.3) is 0 Å². The third-order valence-corrected chi connectivity index (χ3v) is 12.9. The first kappa shape index (κ1) is 38.4. The van der Waals surface area contributed by atoms with Crippen molar-refractivity contribution in [2.75, 3.05) is 13.1 Å².